The van der Waals surface area contributed by atoms with E-state index in [0.29, 0.717) is 9.91 Å². The van der Waals surface area contributed by atoms with Crippen LogP contribution in [0.1, 0.15) is 20.1 Å². The fourth-order valence-electron chi connectivity index (χ4n) is 0.846. The van der Waals surface area contributed by atoms with E-state index < -0.39 is 0 Å². The monoisotopic (exact) mass is 198 g/mol. The van der Waals surface area contributed by atoms with Crippen molar-refractivity contribution in [3.8, 4) is 0 Å². The van der Waals surface area contributed by atoms with Crippen LogP contribution in [0.5, 0.6) is 0 Å². The first-order valence-electron chi connectivity index (χ1n) is 3.25. The number of aldehydes is 1. The second-order valence-corrected chi connectivity index (χ2v) is 3.73. The van der Waals surface area contributed by atoms with Crippen molar-refractivity contribution in [1.82, 2.24) is 0 Å². The van der Waals surface area contributed by atoms with Gasteiger partial charge in [-0.2, -0.15) is 0 Å². The van der Waals surface area contributed by atoms with Crippen LogP contribution in [0, 0.1) is 0 Å². The largest absolute Gasteiger partial charge is 0.297 e. The van der Waals surface area contributed by atoms with E-state index in [4.69, 9.17) is 11.6 Å². The molecule has 0 N–H and O–H groups in total. The lowest BCUT2D eigenvalue weighted by Gasteiger charge is -1.92. The lowest BCUT2D eigenvalue weighted by Crippen LogP contribution is -1.72. The molecule has 1 aromatic rings. The van der Waals surface area contributed by atoms with Gasteiger partial charge in [-0.25, -0.2) is 0 Å². The van der Waals surface area contributed by atoms with Crippen LogP contribution < -0.4 is 0 Å². The number of hydrogen-bond acceptors (Lipinski definition) is 2. The summed E-state index contributed by atoms with van der Waals surface area (Å²) in [4.78, 5) is 11.9. The Morgan fingerprint density at radius 3 is 2.67 bits per heavy atom. The summed E-state index contributed by atoms with van der Waals surface area (Å²) in [5, 5.41) is 0.439. The highest BCUT2D eigenvalue weighted by molar-refractivity contribution is 7.14. The maximum atomic E-state index is 10.4. The molecule has 1 heterocycles. The molecule has 0 atom stereocenters. The highest BCUT2D eigenvalue weighted by Gasteiger charge is 2.06. The maximum Gasteiger partial charge on any atom is 0.160 e. The van der Waals surface area contributed by atoms with Crippen LogP contribution in [0.4, 0.5) is 0 Å². The average molecular weight is 199 g/mol. The summed E-state index contributed by atoms with van der Waals surface area (Å²) in [5.41, 5.74) is 0.791. The Labute approximate surface area is 80.0 Å². The van der Waals surface area contributed by atoms with E-state index in [9.17, 15) is 4.79 Å². The average Bonchev–Trinajstić information content (AvgIpc) is 2.47. The molecule has 0 aromatic carbocycles. The first-order valence-corrected chi connectivity index (χ1v) is 4.44. The molecule has 0 radical (unpaired) electrons. The third-order valence-electron chi connectivity index (χ3n) is 1.37. The molecule has 12 heavy (non-hydrogen) atoms. The van der Waals surface area contributed by atoms with E-state index in [0.717, 1.165) is 16.7 Å². The molecule has 1 nitrogen and oxygen atoms in total. The second kappa shape index (κ2) is 3.70. The Balaban J connectivity index is 3.25. The minimum Gasteiger partial charge on any atom is -0.297 e. The van der Waals surface area contributed by atoms with E-state index in [1.54, 1.807) is 12.1 Å². The molecule has 1 aromatic heterocycles. The van der Waals surface area contributed by atoms with Crippen LogP contribution in [0.25, 0.3) is 11.1 Å². The molecule has 0 fully saturated rings. The fourth-order valence-corrected chi connectivity index (χ4v) is 1.91. The van der Waals surface area contributed by atoms with Crippen LogP contribution >= 0.6 is 22.9 Å². The number of thiophene rings is 1. The van der Waals surface area contributed by atoms with Gasteiger partial charge in [0.1, 0.15) is 0 Å². The number of rotatable bonds is 3. The molecular formula is C9H7ClOS. The van der Waals surface area contributed by atoms with Gasteiger partial charge >= 0.3 is 0 Å². The van der Waals surface area contributed by atoms with Gasteiger partial charge in [-0.1, -0.05) is 30.8 Å². The number of carbonyl (C=O) groups is 1. The summed E-state index contributed by atoms with van der Waals surface area (Å²) in [6.45, 7) is 7.21. The minimum atomic E-state index is 0.439. The van der Waals surface area contributed by atoms with Gasteiger partial charge in [0.2, 0.25) is 0 Å². The normalized spacial score (nSPS) is 9.42. The van der Waals surface area contributed by atoms with Crippen molar-refractivity contribution < 1.29 is 4.79 Å². The molecule has 1 rings (SSSR count). The molecule has 0 saturated carbocycles. The van der Waals surface area contributed by atoms with Gasteiger partial charge in [0.05, 0.1) is 4.88 Å². The number of hydrogen-bond donors (Lipinski definition) is 0. The third kappa shape index (κ3) is 1.65. The Bertz CT molecular complexity index is 338. The van der Waals surface area contributed by atoms with E-state index in [1.165, 1.54) is 11.3 Å². The van der Waals surface area contributed by atoms with E-state index >= 15 is 0 Å². The molecule has 3 heteroatoms. The van der Waals surface area contributed by atoms with Crippen molar-refractivity contribution >= 4 is 40.3 Å². The quantitative estimate of drug-likeness (QED) is 0.681. The Morgan fingerprint density at radius 1 is 1.67 bits per heavy atom. The van der Waals surface area contributed by atoms with Crippen molar-refractivity contribution in [1.29, 1.82) is 0 Å². The van der Waals surface area contributed by atoms with Crippen LogP contribution in [0.2, 0.25) is 0 Å². The van der Waals surface area contributed by atoms with Crippen LogP contribution in [-0.2, 0) is 0 Å². The third-order valence-corrected chi connectivity index (χ3v) is 2.63. The van der Waals surface area contributed by atoms with Crippen molar-refractivity contribution in [2.24, 2.45) is 0 Å². The maximum absolute atomic E-state index is 10.4. The van der Waals surface area contributed by atoms with Gasteiger partial charge < -0.3 is 0 Å². The Hall–Kier alpha value is -0.860. The summed E-state index contributed by atoms with van der Waals surface area (Å²) < 4.78 is 0. The summed E-state index contributed by atoms with van der Waals surface area (Å²) in [6, 6.07) is 1.71. The zero-order chi connectivity index (χ0) is 9.14. The second-order valence-electron chi connectivity index (χ2n) is 2.15. The van der Waals surface area contributed by atoms with Crippen molar-refractivity contribution in [2.75, 3.05) is 0 Å². The molecular weight excluding hydrogens is 192 g/mol. The van der Waals surface area contributed by atoms with E-state index in [-0.39, 0.29) is 0 Å². The summed E-state index contributed by atoms with van der Waals surface area (Å²) in [6.07, 6.45) is 2.46. The molecule has 62 valence electrons. The summed E-state index contributed by atoms with van der Waals surface area (Å²) >= 11 is 7.06. The van der Waals surface area contributed by atoms with Gasteiger partial charge in [0, 0.05) is 15.5 Å². The topological polar surface area (TPSA) is 17.1 Å². The summed E-state index contributed by atoms with van der Waals surface area (Å²) in [5.74, 6) is 0. The number of carbonyl (C=O) groups excluding carboxylic acids is 1. The van der Waals surface area contributed by atoms with Crippen molar-refractivity contribution in [3.05, 3.63) is 34.5 Å². The van der Waals surface area contributed by atoms with Gasteiger partial charge in [-0.15, -0.1) is 11.3 Å². The predicted octanol–water partition coefficient (Wildman–Crippen LogP) is 3.41. The SMILES string of the molecule is C=Cc1sc(C=O)cc1C(=C)Cl. The van der Waals surface area contributed by atoms with E-state index in [1.807, 2.05) is 0 Å². The molecule has 0 saturated heterocycles. The number of halogens is 1. The molecule has 0 aliphatic heterocycles. The van der Waals surface area contributed by atoms with Gasteiger partial charge in [-0.05, 0) is 6.07 Å². The first kappa shape index (κ1) is 9.23. The van der Waals surface area contributed by atoms with Crippen LogP contribution in [0.3, 0.4) is 0 Å². The van der Waals surface area contributed by atoms with E-state index in [2.05, 4.69) is 13.2 Å². The minimum absolute atomic E-state index is 0.439. The Kier molecular flexibility index (Phi) is 2.84. The van der Waals surface area contributed by atoms with Crippen LogP contribution in [0.15, 0.2) is 19.2 Å². The predicted molar refractivity (Wildman–Crippen MR) is 54.7 cm³/mol. The zero-order valence-electron chi connectivity index (χ0n) is 6.34. The smallest absolute Gasteiger partial charge is 0.160 e. The molecule has 0 unspecified atom stereocenters. The first-order chi connectivity index (χ1) is 5.69. The lowest BCUT2D eigenvalue weighted by molar-refractivity contribution is 0.112. The highest BCUT2D eigenvalue weighted by Crippen LogP contribution is 2.29. The zero-order valence-corrected chi connectivity index (χ0v) is 7.91. The van der Waals surface area contributed by atoms with Crippen molar-refractivity contribution in [2.45, 2.75) is 0 Å². The molecule has 0 amide bonds. The fraction of sp³-hybridized carbons (Fsp3) is 0. The van der Waals surface area contributed by atoms with Crippen LogP contribution in [-0.4, -0.2) is 6.29 Å². The molecule has 0 spiro atoms. The Morgan fingerprint density at radius 2 is 2.33 bits per heavy atom. The lowest BCUT2D eigenvalue weighted by atomic mass is 10.2. The van der Waals surface area contributed by atoms with Crippen molar-refractivity contribution in [3.63, 3.8) is 0 Å². The summed E-state index contributed by atoms with van der Waals surface area (Å²) in [7, 11) is 0. The van der Waals surface area contributed by atoms with Gasteiger partial charge in [0.25, 0.3) is 0 Å². The van der Waals surface area contributed by atoms with Gasteiger partial charge in [0.15, 0.2) is 6.29 Å². The van der Waals surface area contributed by atoms with Gasteiger partial charge in [-0.3, -0.25) is 4.79 Å². The highest BCUT2D eigenvalue weighted by atomic mass is 35.5. The standard InChI is InChI=1S/C9H7ClOS/c1-3-9-8(6(2)10)4-7(5-11)12-9/h3-5H,1-2H2. The molecule has 0 bridgehead atoms. The molecule has 0 aliphatic carbocycles. The molecule has 0 aliphatic rings.